The van der Waals surface area contributed by atoms with Crippen LogP contribution in [0.15, 0.2) is 253 Å². The molecule has 11 aromatic rings. The largest absolute Gasteiger partial charge is 0.282 e. The summed E-state index contributed by atoms with van der Waals surface area (Å²) in [7, 11) is 0. The average Bonchev–Trinajstić information content (AvgIpc) is 3.42. The van der Waals surface area contributed by atoms with Gasteiger partial charge in [-0.15, -0.1) is 0 Å². The number of nitrogens with one attached hydrogen (secondary N) is 1. The van der Waals surface area contributed by atoms with Gasteiger partial charge in [-0.2, -0.15) is 5.26 Å². The van der Waals surface area contributed by atoms with Crippen molar-refractivity contribution >= 4 is 50.2 Å². The highest BCUT2D eigenvalue weighted by Crippen LogP contribution is 2.38. The number of fused-ring (bicyclic) bond motifs is 4. The number of hydrogen-bond acceptors (Lipinski definition) is 2. The second-order valence-corrected chi connectivity index (χ2v) is 16.8. The van der Waals surface area contributed by atoms with E-state index in [0.29, 0.717) is 17.0 Å². The van der Waals surface area contributed by atoms with Gasteiger partial charge in [0.2, 0.25) is 0 Å². The lowest BCUT2D eigenvalue weighted by Gasteiger charge is -2.13. The first kappa shape index (κ1) is 41.4. The Morgan fingerprint density at radius 2 is 0.956 bits per heavy atom. The molecule has 4 heteroatoms. The lowest BCUT2D eigenvalue weighted by Crippen LogP contribution is -2.05. The van der Waals surface area contributed by atoms with Crippen LogP contribution in [0.2, 0.25) is 0 Å². The van der Waals surface area contributed by atoms with Gasteiger partial charge in [0.15, 0.2) is 11.7 Å². The first-order chi connectivity index (χ1) is 33.6. The van der Waals surface area contributed by atoms with E-state index in [1.165, 1.54) is 37.9 Å². The second-order valence-electron chi connectivity index (χ2n) is 16.8. The molecule has 0 aromatic heterocycles. The van der Waals surface area contributed by atoms with E-state index in [0.717, 1.165) is 61.2 Å². The summed E-state index contributed by atoms with van der Waals surface area (Å²) in [6.07, 6.45) is 1.85. The van der Waals surface area contributed by atoms with Crippen LogP contribution in [-0.4, -0.2) is 17.9 Å². The summed E-state index contributed by atoms with van der Waals surface area (Å²) in [5.41, 5.74) is 13.4. The number of benzene rings is 11. The van der Waals surface area contributed by atoms with Crippen LogP contribution in [0, 0.1) is 16.7 Å². The molecule has 0 atom stereocenters. The summed E-state index contributed by atoms with van der Waals surface area (Å²) in [5, 5.41) is 26.9. The third-order valence-corrected chi connectivity index (χ3v) is 12.7. The molecule has 0 bridgehead atoms. The molecule has 11 aromatic carbocycles. The number of aliphatic imine (C=N–C) groups is 2. The van der Waals surface area contributed by atoms with Gasteiger partial charge in [-0.05, 0) is 113 Å². The maximum Gasteiger partial charge on any atom is 0.161 e. The fourth-order valence-electron chi connectivity index (χ4n) is 9.28. The molecular weight excluding hydrogens is 825 g/mol. The summed E-state index contributed by atoms with van der Waals surface area (Å²) >= 11 is 0. The van der Waals surface area contributed by atoms with E-state index in [1.807, 2.05) is 85.1 Å². The zero-order valence-corrected chi connectivity index (χ0v) is 37.0. The van der Waals surface area contributed by atoms with E-state index >= 15 is 0 Å². The summed E-state index contributed by atoms with van der Waals surface area (Å²) < 4.78 is 0. The van der Waals surface area contributed by atoms with Gasteiger partial charge in [0.05, 0.1) is 11.6 Å². The van der Waals surface area contributed by atoms with E-state index in [1.54, 1.807) is 0 Å². The molecular formula is C64H42N4. The van der Waals surface area contributed by atoms with Crippen molar-refractivity contribution in [1.82, 2.24) is 0 Å². The number of rotatable bonds is 8. The van der Waals surface area contributed by atoms with Crippen LogP contribution in [0.5, 0.6) is 0 Å². The number of nitriles is 1. The maximum absolute atomic E-state index is 10.3. The Morgan fingerprint density at radius 3 is 1.78 bits per heavy atom. The Morgan fingerprint density at radius 1 is 0.382 bits per heavy atom. The minimum absolute atomic E-state index is 0.0903. The Labute approximate surface area is 395 Å². The van der Waals surface area contributed by atoms with Crippen molar-refractivity contribution in [2.24, 2.45) is 9.98 Å². The van der Waals surface area contributed by atoms with Gasteiger partial charge in [0, 0.05) is 28.5 Å². The fraction of sp³-hybridized carbons (Fsp3) is 0. The molecule has 0 spiro atoms. The van der Waals surface area contributed by atoms with E-state index < -0.39 is 0 Å². The molecule has 68 heavy (non-hydrogen) atoms. The lowest BCUT2D eigenvalue weighted by molar-refractivity contribution is 1.39. The predicted octanol–water partition coefficient (Wildman–Crippen LogP) is 16.2. The number of amidine groups is 2. The molecule has 0 amide bonds. The van der Waals surface area contributed by atoms with Crippen LogP contribution in [0.1, 0.15) is 22.3 Å². The Kier molecular flexibility index (Phi) is 11.1. The summed E-state index contributed by atoms with van der Waals surface area (Å²) in [6.45, 7) is 0. The normalized spacial score (nSPS) is 11.6. The van der Waals surface area contributed by atoms with Crippen LogP contribution >= 0.6 is 0 Å². The summed E-state index contributed by atoms with van der Waals surface area (Å²) in [4.78, 5) is 9.81. The lowest BCUT2D eigenvalue weighted by atomic mass is 9.91. The minimum Gasteiger partial charge on any atom is -0.282 e. The number of hydrogen-bond donors (Lipinski definition) is 1. The van der Waals surface area contributed by atoms with E-state index in [-0.39, 0.29) is 5.84 Å². The molecule has 0 aliphatic rings. The second kappa shape index (κ2) is 18.3. The van der Waals surface area contributed by atoms with Gasteiger partial charge in [0.25, 0.3) is 0 Å². The Bertz CT molecular complexity index is 3810. The topological polar surface area (TPSA) is 72.4 Å². The molecule has 0 fully saturated rings. The SMILES string of the molecule is N#Cc1ccc(-c2cccc(C(=N)N=C(N=Cc3ccccc3-c3cccc4ccccc34)c3ccccc3)c2)cc1-c1ccc(-c2cccc(-c3cc4ccccc4c4ccccc34)c2)cc1. The van der Waals surface area contributed by atoms with Gasteiger partial charge >= 0.3 is 0 Å². The maximum atomic E-state index is 10.3. The molecule has 0 radical (unpaired) electrons. The fourth-order valence-corrected chi connectivity index (χ4v) is 9.28. The predicted molar refractivity (Wildman–Crippen MR) is 285 cm³/mol. The highest BCUT2D eigenvalue weighted by atomic mass is 14.9. The van der Waals surface area contributed by atoms with Gasteiger partial charge in [-0.1, -0.05) is 212 Å². The Balaban J connectivity index is 0.884. The van der Waals surface area contributed by atoms with Crippen molar-refractivity contribution in [2.45, 2.75) is 0 Å². The molecule has 318 valence electrons. The number of nitrogens with zero attached hydrogens (tertiary/aromatic N) is 3. The van der Waals surface area contributed by atoms with Gasteiger partial charge in [0.1, 0.15) is 0 Å². The average molecular weight is 867 g/mol. The molecule has 11 rings (SSSR count). The minimum atomic E-state index is 0.0903. The van der Waals surface area contributed by atoms with Gasteiger partial charge < -0.3 is 0 Å². The van der Waals surface area contributed by atoms with Gasteiger partial charge in [-0.3, -0.25) is 5.41 Å². The molecule has 0 unspecified atom stereocenters. The monoisotopic (exact) mass is 866 g/mol. The molecule has 0 saturated carbocycles. The van der Waals surface area contributed by atoms with Crippen molar-refractivity contribution in [1.29, 1.82) is 10.7 Å². The summed E-state index contributed by atoms with van der Waals surface area (Å²) in [5.74, 6) is 0.527. The van der Waals surface area contributed by atoms with Crippen LogP contribution in [0.25, 0.3) is 88.0 Å². The zero-order chi connectivity index (χ0) is 45.8. The summed E-state index contributed by atoms with van der Waals surface area (Å²) in [6, 6.07) is 85.7. The first-order valence-electron chi connectivity index (χ1n) is 22.7. The Hall–Kier alpha value is -9.30. The van der Waals surface area contributed by atoms with E-state index in [2.05, 4.69) is 170 Å². The zero-order valence-electron chi connectivity index (χ0n) is 37.0. The highest BCUT2D eigenvalue weighted by molar-refractivity contribution is 6.15. The molecule has 0 heterocycles. The van der Waals surface area contributed by atoms with Crippen molar-refractivity contribution in [3.8, 4) is 61.7 Å². The molecule has 0 aliphatic heterocycles. The van der Waals surface area contributed by atoms with Crippen LogP contribution in [-0.2, 0) is 0 Å². The quantitative estimate of drug-likeness (QED) is 0.0922. The van der Waals surface area contributed by atoms with Crippen molar-refractivity contribution in [3.05, 3.63) is 265 Å². The van der Waals surface area contributed by atoms with E-state index in [9.17, 15) is 10.7 Å². The van der Waals surface area contributed by atoms with Gasteiger partial charge in [-0.25, -0.2) is 9.98 Å². The molecule has 1 N–H and O–H groups in total. The third-order valence-electron chi connectivity index (χ3n) is 12.7. The van der Waals surface area contributed by atoms with Crippen molar-refractivity contribution in [3.63, 3.8) is 0 Å². The van der Waals surface area contributed by atoms with E-state index in [4.69, 9.17) is 9.98 Å². The molecule has 0 aliphatic carbocycles. The third kappa shape index (κ3) is 8.17. The molecule has 4 nitrogen and oxygen atoms in total. The first-order valence-corrected chi connectivity index (χ1v) is 22.7. The van der Waals surface area contributed by atoms with Crippen LogP contribution in [0.4, 0.5) is 0 Å². The molecule has 0 saturated heterocycles. The standard InChI is InChI=1S/C64H42N4/c65-41-53-36-35-49(39-61(53)45-33-31-43(32-34-45)47-21-12-23-50(37-47)62-40-51-18-5-8-26-56(51)59-28-10-11-29-60(59)62)48-22-13-24-52(38-48)63(66)68-64(46-16-2-1-3-17-46)67-42-54-19-6-9-27-57(54)58-30-14-20-44-15-4-7-25-55(44)58/h1-40,42,66H. The van der Waals surface area contributed by atoms with Crippen LogP contribution in [0.3, 0.4) is 0 Å². The van der Waals surface area contributed by atoms with Crippen LogP contribution < -0.4 is 0 Å². The van der Waals surface area contributed by atoms with Crippen molar-refractivity contribution in [2.75, 3.05) is 0 Å². The smallest absolute Gasteiger partial charge is 0.161 e. The highest BCUT2D eigenvalue weighted by Gasteiger charge is 2.14. The van der Waals surface area contributed by atoms with Crippen molar-refractivity contribution < 1.29 is 0 Å².